The normalized spacial score (nSPS) is 11.6. The smallest absolute Gasteiger partial charge is 0.0992 e. The Morgan fingerprint density at radius 2 is 0.550 bits per heavy atom. The minimum atomic E-state index is 0.650. The summed E-state index contributed by atoms with van der Waals surface area (Å²) in [6, 6.07) is 128. The van der Waals surface area contributed by atoms with Gasteiger partial charge in [0.05, 0.1) is 56.7 Å². The van der Waals surface area contributed by atoms with E-state index in [9.17, 15) is 10.5 Å². The van der Waals surface area contributed by atoms with Crippen molar-refractivity contribution in [2.75, 3.05) is 0 Å². The van der Waals surface area contributed by atoms with Crippen molar-refractivity contribution in [2.45, 2.75) is 0 Å². The zero-order valence-corrected chi connectivity index (χ0v) is 54.1. The van der Waals surface area contributed by atoms with Crippen LogP contribution in [0.15, 0.2) is 346 Å². The fraction of sp³-hybridized carbons (Fsp3) is 0. The predicted octanol–water partition coefficient (Wildman–Crippen LogP) is 25.1. The molecule has 0 N–H and O–H groups in total. The van der Waals surface area contributed by atoms with Gasteiger partial charge in [0.2, 0.25) is 0 Å². The summed E-state index contributed by atoms with van der Waals surface area (Å²) >= 11 is 0. The molecule has 20 rings (SSSR count). The second-order valence-electron chi connectivity index (χ2n) is 25.9. The number of aromatic nitrogens is 3. The molecule has 100 heavy (non-hydrogen) atoms. The van der Waals surface area contributed by atoms with E-state index in [-0.39, 0.29) is 0 Å². The van der Waals surface area contributed by atoms with E-state index < -0.39 is 0 Å². The predicted molar refractivity (Wildman–Crippen MR) is 419 cm³/mol. The first kappa shape index (κ1) is 57.7. The second kappa shape index (κ2) is 23.6. The second-order valence-corrected chi connectivity index (χ2v) is 25.9. The van der Waals surface area contributed by atoms with Gasteiger partial charge in [-0.3, -0.25) is 0 Å². The van der Waals surface area contributed by atoms with Crippen molar-refractivity contribution < 1.29 is 0 Å². The molecule has 462 valence electrons. The van der Waals surface area contributed by atoms with Gasteiger partial charge in [-0.15, -0.1) is 0 Å². The summed E-state index contributed by atoms with van der Waals surface area (Å²) in [5.41, 5.74) is 19.1. The molecule has 17 aromatic carbocycles. The molecule has 5 nitrogen and oxygen atoms in total. The van der Waals surface area contributed by atoms with Crippen molar-refractivity contribution in [3.63, 3.8) is 0 Å². The van der Waals surface area contributed by atoms with E-state index >= 15 is 0 Å². The van der Waals surface area contributed by atoms with Crippen molar-refractivity contribution in [1.29, 1.82) is 10.5 Å². The Morgan fingerprint density at radius 1 is 0.210 bits per heavy atom. The molecule has 20 aromatic rings. The third-order valence-corrected chi connectivity index (χ3v) is 20.4. The average molecular weight is 1270 g/mol. The van der Waals surface area contributed by atoms with Gasteiger partial charge in [-0.25, -0.2) is 4.98 Å². The van der Waals surface area contributed by atoms with Crippen LogP contribution in [0.1, 0.15) is 11.1 Å². The third-order valence-electron chi connectivity index (χ3n) is 20.4. The highest BCUT2D eigenvalue weighted by molar-refractivity contribution is 6.26. The third kappa shape index (κ3) is 9.49. The summed E-state index contributed by atoms with van der Waals surface area (Å²) in [5.74, 6) is 0. The van der Waals surface area contributed by atoms with E-state index in [1.165, 1.54) is 103 Å². The molecule has 0 amide bonds. The number of nitrogens with zero attached hydrogens (tertiary/aromatic N) is 5. The summed E-state index contributed by atoms with van der Waals surface area (Å²) in [6.45, 7) is 0. The Balaban J connectivity index is 0.000000139. The van der Waals surface area contributed by atoms with Gasteiger partial charge in [-0.2, -0.15) is 10.5 Å². The first-order valence-electron chi connectivity index (χ1n) is 33.8. The number of hydrogen-bond donors (Lipinski definition) is 0. The van der Waals surface area contributed by atoms with Gasteiger partial charge in [0.1, 0.15) is 0 Å². The lowest BCUT2D eigenvalue weighted by Gasteiger charge is -2.16. The van der Waals surface area contributed by atoms with Crippen LogP contribution < -0.4 is 0 Å². The maximum atomic E-state index is 9.77. The molecular weight excluding hydrogens is 1210 g/mol. The number of para-hydroxylation sites is 2. The lowest BCUT2D eigenvalue weighted by molar-refractivity contribution is 1.18. The molecule has 0 spiro atoms. The molecular formula is C95H57N5. The Bertz CT molecular complexity index is 6850. The van der Waals surface area contributed by atoms with E-state index in [0.717, 1.165) is 83.2 Å². The SMILES string of the molecule is N#Cc1ccc2c3ccc(-c4cc5c6ccccc6c(-c6ccc7ccccc7c6)cc5c5ccccc45)cc3n(-c3ccccc3)c2c1.N#Cc1ccc2c3ccc(-c4cc5c6ccccc6c(-c6cccc(-c7ccccc7)n6)cc5c5ccccc45)cc3n(-c3ccccc3)c2c1. The van der Waals surface area contributed by atoms with Gasteiger partial charge < -0.3 is 9.13 Å². The van der Waals surface area contributed by atoms with Crippen molar-refractivity contribution in [3.8, 4) is 79.4 Å². The van der Waals surface area contributed by atoms with Crippen LogP contribution in [0.5, 0.6) is 0 Å². The standard InChI is InChI=1S/C48H29N3.C47H28N2/c49-30-31-22-24-39-40-25-23-33(27-48(40)51(47(39)26-31)34-14-5-2-6-15-34)41-28-42-37-18-9-10-19-38(37)44(29-43(42)36-17-8-7-16-35(36)41)46-21-11-20-45(50-46)32-12-3-1-4-13-32;48-29-30-18-22-40-41-23-21-34(26-47(41)49(46(40)24-30)35-12-2-1-3-13-35)43-28-45-38-16-8-6-14-36(38)42(27-44(45)39-17-9-7-15-37(39)43)33-20-19-31-10-4-5-11-32(31)25-33/h1-29H;1-28H. The summed E-state index contributed by atoms with van der Waals surface area (Å²) in [4.78, 5) is 5.19. The fourth-order valence-electron chi connectivity index (χ4n) is 15.8. The number of nitriles is 2. The van der Waals surface area contributed by atoms with E-state index in [1.807, 2.05) is 42.5 Å². The number of benzene rings is 17. The van der Waals surface area contributed by atoms with E-state index in [4.69, 9.17) is 4.98 Å². The monoisotopic (exact) mass is 1270 g/mol. The Labute approximate surface area is 576 Å². The van der Waals surface area contributed by atoms with E-state index in [0.29, 0.717) is 11.1 Å². The van der Waals surface area contributed by atoms with Crippen LogP contribution in [0, 0.1) is 22.7 Å². The van der Waals surface area contributed by atoms with Gasteiger partial charge in [0.15, 0.2) is 0 Å². The molecule has 0 atom stereocenters. The van der Waals surface area contributed by atoms with Crippen LogP contribution in [-0.2, 0) is 0 Å². The molecule has 0 unspecified atom stereocenters. The minimum absolute atomic E-state index is 0.650. The van der Waals surface area contributed by atoms with Gasteiger partial charge in [0, 0.05) is 44.0 Å². The number of pyridine rings is 1. The topological polar surface area (TPSA) is 70.3 Å². The number of fused-ring (bicyclic) bond motifs is 17. The quantitative estimate of drug-likeness (QED) is 0.149. The largest absolute Gasteiger partial charge is 0.309 e. The highest BCUT2D eigenvalue weighted by Gasteiger charge is 2.22. The molecule has 0 fully saturated rings. The van der Waals surface area contributed by atoms with Crippen LogP contribution >= 0.6 is 0 Å². The van der Waals surface area contributed by atoms with Crippen molar-refractivity contribution >= 4 is 119 Å². The molecule has 0 bridgehead atoms. The minimum Gasteiger partial charge on any atom is -0.309 e. The Morgan fingerprint density at radius 3 is 1.00 bits per heavy atom. The molecule has 3 aromatic heterocycles. The highest BCUT2D eigenvalue weighted by Crippen LogP contribution is 2.47. The molecule has 0 aliphatic carbocycles. The lowest BCUT2D eigenvalue weighted by Crippen LogP contribution is -1.94. The molecule has 0 saturated carbocycles. The van der Waals surface area contributed by atoms with Crippen LogP contribution in [0.2, 0.25) is 0 Å². The Kier molecular flexibility index (Phi) is 13.6. The van der Waals surface area contributed by atoms with E-state index in [1.54, 1.807) is 0 Å². The molecule has 0 aliphatic heterocycles. The van der Waals surface area contributed by atoms with Crippen molar-refractivity contribution in [1.82, 2.24) is 14.1 Å². The molecule has 5 heteroatoms. The van der Waals surface area contributed by atoms with Gasteiger partial charge in [0.25, 0.3) is 0 Å². The zero-order valence-electron chi connectivity index (χ0n) is 54.1. The summed E-state index contributed by atoms with van der Waals surface area (Å²) in [6.07, 6.45) is 0. The van der Waals surface area contributed by atoms with Crippen molar-refractivity contribution in [2.24, 2.45) is 0 Å². The lowest BCUT2D eigenvalue weighted by atomic mass is 9.87. The van der Waals surface area contributed by atoms with Crippen LogP contribution in [-0.4, -0.2) is 14.1 Å². The van der Waals surface area contributed by atoms with Crippen LogP contribution in [0.4, 0.5) is 0 Å². The molecule has 0 aliphatic rings. The summed E-state index contributed by atoms with van der Waals surface area (Å²) in [7, 11) is 0. The first-order valence-corrected chi connectivity index (χ1v) is 33.8. The van der Waals surface area contributed by atoms with Crippen LogP contribution in [0.25, 0.3) is 186 Å². The van der Waals surface area contributed by atoms with Crippen LogP contribution in [0.3, 0.4) is 0 Å². The van der Waals surface area contributed by atoms with Gasteiger partial charge in [-0.1, -0.05) is 243 Å². The Hall–Kier alpha value is -13.7. The molecule has 3 heterocycles. The van der Waals surface area contributed by atoms with Gasteiger partial charge in [-0.05, 0) is 212 Å². The summed E-state index contributed by atoms with van der Waals surface area (Å²) in [5, 5.41) is 41.3. The number of rotatable bonds is 7. The first-order chi connectivity index (χ1) is 49.5. The molecule has 0 saturated heterocycles. The maximum absolute atomic E-state index is 9.77. The average Bonchev–Trinajstić information content (AvgIpc) is 0.929. The fourth-order valence-corrected chi connectivity index (χ4v) is 15.8. The maximum Gasteiger partial charge on any atom is 0.0992 e. The van der Waals surface area contributed by atoms with Gasteiger partial charge >= 0.3 is 0 Å². The highest BCUT2D eigenvalue weighted by atomic mass is 15.0. The number of hydrogen-bond acceptors (Lipinski definition) is 3. The molecule has 0 radical (unpaired) electrons. The van der Waals surface area contributed by atoms with Crippen molar-refractivity contribution in [3.05, 3.63) is 357 Å². The summed E-state index contributed by atoms with van der Waals surface area (Å²) < 4.78 is 4.58. The zero-order chi connectivity index (χ0) is 66.4. The van der Waals surface area contributed by atoms with E-state index in [2.05, 4.69) is 325 Å².